The maximum atomic E-state index is 13.8. The number of amides is 5. The van der Waals surface area contributed by atoms with Gasteiger partial charge in [0.1, 0.15) is 40.1 Å². The minimum Gasteiger partial charge on any atom is -0.351 e. The molecule has 0 saturated heterocycles. The van der Waals surface area contributed by atoms with E-state index >= 15 is 0 Å². The number of H-pyrrole nitrogens is 3. The molecule has 0 aliphatic heterocycles. The van der Waals surface area contributed by atoms with E-state index in [-0.39, 0.29) is 77.4 Å². The zero-order valence-corrected chi connectivity index (χ0v) is 83.5. The summed E-state index contributed by atoms with van der Waals surface area (Å²) < 4.78 is 31.2. The van der Waals surface area contributed by atoms with E-state index in [2.05, 4.69) is 235 Å². The molecule has 0 aliphatic rings. The number of aromatic nitrogens is 5. The van der Waals surface area contributed by atoms with Crippen LogP contribution in [-0.4, -0.2) is 149 Å². The molecule has 0 saturated carbocycles. The molecule has 750 valence electrons. The number of aromatic amines is 3. The number of fused-ring (bicyclic) bond motifs is 5. The molecular formula is C116H142F2N20O5. The SMILES string of the molecule is Cc1ccc(-c2ccc3[nH]c(C(=O)NC[C@@H](N)CCC(N)C(C)C)cc3c2)cc1.Cc1ccc(-c2ccc3cc(C(=O)NC[C@@H](N)CCCN)[nH]c3c2)cc1.Cc1ccc(-c2ccc3cc(C(=O)NC[C@@H](N)CCCN)[nH]c3c2)cc1F.Cc1ccc(-c2ccc3cc(C(=O)NC[C@@H](N)CCCN)n(C)c3c2)cc1.Cc1ccc(-c2ccc3cc(C(=O)NC[C@@H](N)CCCN)n(Cc4ccc(F)cc4)c3c2)cc1. The first-order valence-electron chi connectivity index (χ1n) is 49.5. The van der Waals surface area contributed by atoms with E-state index in [0.717, 1.165) is 174 Å². The Kier molecular flexibility index (Phi) is 39.6. The summed E-state index contributed by atoms with van der Waals surface area (Å²) in [7, 11) is 1.92. The van der Waals surface area contributed by atoms with Gasteiger partial charge >= 0.3 is 0 Å². The Morgan fingerprint density at radius 2 is 0.636 bits per heavy atom. The van der Waals surface area contributed by atoms with Crippen molar-refractivity contribution in [2.45, 2.75) is 155 Å². The number of nitrogens with zero attached hydrogens (tertiary/aromatic N) is 2. The lowest BCUT2D eigenvalue weighted by molar-refractivity contribution is 0.0934. The average molecular weight is 1930 g/mol. The summed E-state index contributed by atoms with van der Waals surface area (Å²) in [5.74, 6) is -0.835. The van der Waals surface area contributed by atoms with Crippen LogP contribution in [-0.2, 0) is 13.6 Å². The van der Waals surface area contributed by atoms with Crippen LogP contribution in [0, 0.1) is 52.2 Å². The summed E-state index contributed by atoms with van der Waals surface area (Å²) in [4.78, 5) is 72.6. The Morgan fingerprint density at radius 1 is 0.315 bits per heavy atom. The lowest BCUT2D eigenvalue weighted by atomic mass is 9.98. The van der Waals surface area contributed by atoms with Crippen molar-refractivity contribution < 1.29 is 32.8 Å². The number of hydrogen-bond donors (Lipinski definition) is 18. The summed E-state index contributed by atoms with van der Waals surface area (Å²) in [5, 5.41) is 19.5. The van der Waals surface area contributed by atoms with Crippen molar-refractivity contribution >= 4 is 84.1 Å². The zero-order valence-electron chi connectivity index (χ0n) is 83.5. The molecule has 0 spiro atoms. The number of aryl methyl sites for hydroxylation is 6. The first kappa shape index (κ1) is 108. The van der Waals surface area contributed by atoms with Crippen molar-refractivity contribution in [1.82, 2.24) is 50.7 Å². The van der Waals surface area contributed by atoms with Crippen molar-refractivity contribution in [2.24, 2.45) is 70.3 Å². The van der Waals surface area contributed by atoms with Crippen LogP contribution < -0.4 is 83.9 Å². The van der Waals surface area contributed by atoms with Gasteiger partial charge in [-0.1, -0.05) is 212 Å². The summed E-state index contributed by atoms with van der Waals surface area (Å²) in [5.41, 5.74) is 82.9. The molecule has 5 heterocycles. The standard InChI is InChI=1S/C28H31FN4O.C24H32N4O.C22H28N4O.C21H25FN4O.C21H26N4O/c1-19-4-8-21(9-5-19)22-10-11-23-16-27(28(34)32-17-25(31)3-2-14-30)33(26(23)15-22)18-20-6-12-24(29)13-7-20;1-15(2)21(26)10-9-20(25)14-27-24(29)23-13-19-12-18(8-11-22(19)28-23)17-6-4-16(3)5-7-17;1-15-5-7-16(8-6-15)17-9-10-18-13-21(26(2)20(18)12-17)22(27)25-14-19(24)4-3-11-23;1-13-4-5-14(9-18(13)22)15-6-7-16-11-20(26-19(16)10-15)21(27)25-12-17(24)3-2-8-23;1-14-4-6-15(7-5-14)16-8-9-17-12-20(25-19(17)11-16)21(26)24-13-18(23)3-2-10-22/h4-13,15-16,25H,2-3,14,17-18,30-31H2,1H3,(H,32,34);4-8,11-13,15,20-21,28H,9-10,14,25-26H2,1-3H3,(H,27,29);5-10,12-13,19H,3-4,11,14,23-24H2,1-2H3,(H,25,27);4-7,9-11,17,26H,2-3,8,12,23-24H2,1H3,(H,25,27);4-9,11-12,18,25H,2-3,10,13,22-23H2,1H3,(H,24,26)/t25-;20-,21?;19-;17-;18-/m00000/s1. The van der Waals surface area contributed by atoms with Crippen molar-refractivity contribution in [2.75, 3.05) is 58.9 Å². The number of carbonyl (C=O) groups is 5. The lowest BCUT2D eigenvalue weighted by Gasteiger charge is -2.18. The van der Waals surface area contributed by atoms with Crippen LogP contribution in [0.2, 0.25) is 0 Å². The van der Waals surface area contributed by atoms with Crippen molar-refractivity contribution in [3.8, 4) is 55.6 Å². The third kappa shape index (κ3) is 31.0. The lowest BCUT2D eigenvalue weighted by Crippen LogP contribution is -2.39. The Balaban J connectivity index is 0.000000160. The van der Waals surface area contributed by atoms with Crippen molar-refractivity contribution in [1.29, 1.82) is 0 Å². The van der Waals surface area contributed by atoms with Crippen LogP contribution in [0.25, 0.3) is 110 Å². The molecule has 16 rings (SSSR count). The predicted octanol–water partition coefficient (Wildman–Crippen LogP) is 17.5. The Bertz CT molecular complexity index is 6880. The molecule has 0 bridgehead atoms. The number of rotatable bonds is 38. The largest absolute Gasteiger partial charge is 0.351 e. The van der Waals surface area contributed by atoms with Gasteiger partial charge in [-0.2, -0.15) is 0 Å². The highest BCUT2D eigenvalue weighted by Crippen LogP contribution is 2.34. The van der Waals surface area contributed by atoms with Gasteiger partial charge in [0.05, 0.1) is 0 Å². The minimum absolute atomic E-state index is 0.0691. The first-order valence-corrected chi connectivity index (χ1v) is 49.5. The molecule has 0 radical (unpaired) electrons. The quantitative estimate of drug-likeness (QED) is 0.0171. The number of halogens is 2. The summed E-state index contributed by atoms with van der Waals surface area (Å²) >= 11 is 0. The molecule has 5 amide bonds. The monoisotopic (exact) mass is 1930 g/mol. The second-order valence-electron chi connectivity index (χ2n) is 37.8. The number of benzene rings is 11. The third-order valence-electron chi connectivity index (χ3n) is 25.8. The molecule has 1 unspecified atom stereocenters. The molecule has 16 aromatic rings. The molecular weight excluding hydrogens is 1790 g/mol. The Labute approximate surface area is 837 Å². The van der Waals surface area contributed by atoms with Crippen molar-refractivity contribution in [3.05, 3.63) is 334 Å². The second-order valence-corrected chi connectivity index (χ2v) is 37.8. The third-order valence-corrected chi connectivity index (χ3v) is 25.8. The molecule has 11 aromatic carbocycles. The highest BCUT2D eigenvalue weighted by atomic mass is 19.1. The summed E-state index contributed by atoms with van der Waals surface area (Å²) in [6.07, 6.45) is 8.22. The van der Waals surface area contributed by atoms with Crippen LogP contribution in [0.5, 0.6) is 0 Å². The van der Waals surface area contributed by atoms with Crippen LogP contribution in [0.4, 0.5) is 8.78 Å². The minimum atomic E-state index is -0.285. The molecule has 5 aromatic heterocycles. The van der Waals surface area contributed by atoms with Gasteiger partial charge < -0.3 is 108 Å². The Morgan fingerprint density at radius 3 is 1.05 bits per heavy atom. The molecule has 6 atom stereocenters. The van der Waals surface area contributed by atoms with Crippen LogP contribution in [0.3, 0.4) is 0 Å². The van der Waals surface area contributed by atoms with E-state index in [0.29, 0.717) is 105 Å². The smallest absolute Gasteiger partial charge is 0.268 e. The van der Waals surface area contributed by atoms with Crippen molar-refractivity contribution in [3.63, 3.8) is 0 Å². The van der Waals surface area contributed by atoms with Gasteiger partial charge in [-0.3, -0.25) is 24.0 Å². The fourth-order valence-electron chi connectivity index (χ4n) is 16.7. The number of nitrogens with one attached hydrogen (secondary N) is 8. The topological polar surface area (TPSA) is 463 Å². The molecule has 28 N–H and O–H groups in total. The fourth-order valence-corrected chi connectivity index (χ4v) is 16.7. The molecule has 25 nitrogen and oxygen atoms in total. The van der Waals surface area contributed by atoms with Gasteiger partial charge in [-0.05, 0) is 283 Å². The fraction of sp³-hybridized carbons (Fsp3) is 0.302. The molecule has 27 heteroatoms. The predicted molar refractivity (Wildman–Crippen MR) is 583 cm³/mol. The first-order chi connectivity index (χ1) is 68.8. The van der Waals surface area contributed by atoms with Gasteiger partial charge in [0.25, 0.3) is 29.5 Å². The van der Waals surface area contributed by atoms with Gasteiger partial charge in [-0.15, -0.1) is 0 Å². The van der Waals surface area contributed by atoms with E-state index in [1.54, 1.807) is 31.2 Å². The molecule has 0 aliphatic carbocycles. The van der Waals surface area contributed by atoms with E-state index in [4.69, 9.17) is 57.3 Å². The van der Waals surface area contributed by atoms with E-state index < -0.39 is 0 Å². The van der Waals surface area contributed by atoms with Gasteiger partial charge in [0, 0.05) is 137 Å². The summed E-state index contributed by atoms with van der Waals surface area (Å²) in [6, 6.07) is 84.9. The van der Waals surface area contributed by atoms with Crippen LogP contribution in [0.15, 0.2) is 261 Å². The number of hydrogen-bond acceptors (Lipinski definition) is 15. The van der Waals surface area contributed by atoms with Crippen LogP contribution in [0.1, 0.15) is 164 Å². The highest BCUT2D eigenvalue weighted by Gasteiger charge is 2.23. The summed E-state index contributed by atoms with van der Waals surface area (Å²) in [6.45, 7) is 19.2. The number of nitrogens with two attached hydrogens (primary N) is 10. The van der Waals surface area contributed by atoms with E-state index in [1.807, 2.05) is 82.9 Å². The Hall–Kier alpha value is -14.1. The van der Waals surface area contributed by atoms with Gasteiger partial charge in [0.15, 0.2) is 0 Å². The average Bonchev–Trinajstić information content (AvgIpc) is 1.62. The number of carbonyl (C=O) groups excluding carboxylic acids is 5. The molecule has 143 heavy (non-hydrogen) atoms. The van der Waals surface area contributed by atoms with E-state index in [9.17, 15) is 32.8 Å². The van der Waals surface area contributed by atoms with E-state index in [1.165, 1.54) is 46.0 Å². The van der Waals surface area contributed by atoms with Crippen LogP contribution >= 0.6 is 0 Å². The normalized spacial score (nSPS) is 12.5. The zero-order chi connectivity index (χ0) is 102. The second kappa shape index (κ2) is 52.6. The van der Waals surface area contributed by atoms with Gasteiger partial charge in [-0.25, -0.2) is 8.78 Å². The maximum Gasteiger partial charge on any atom is 0.268 e. The molecule has 0 fully saturated rings. The maximum absolute atomic E-state index is 13.8. The highest BCUT2D eigenvalue weighted by molar-refractivity contribution is 6.03. The van der Waals surface area contributed by atoms with Gasteiger partial charge in [0.2, 0.25) is 0 Å².